The molecule has 2 aromatic rings. The molecule has 23 heavy (non-hydrogen) atoms. The van der Waals surface area contributed by atoms with Gasteiger partial charge in [-0.1, -0.05) is 25.0 Å². The van der Waals surface area contributed by atoms with Gasteiger partial charge in [0.25, 0.3) is 0 Å². The van der Waals surface area contributed by atoms with E-state index in [2.05, 4.69) is 0 Å². The lowest BCUT2D eigenvalue weighted by atomic mass is 9.68. The van der Waals surface area contributed by atoms with Gasteiger partial charge >= 0.3 is 0 Å². The molecule has 1 saturated carbocycles. The van der Waals surface area contributed by atoms with Crippen molar-refractivity contribution in [3.8, 4) is 11.5 Å². The minimum atomic E-state index is -0.676. The molecule has 4 rings (SSSR count). The Morgan fingerprint density at radius 1 is 1.04 bits per heavy atom. The lowest BCUT2D eigenvalue weighted by molar-refractivity contribution is 0.158. The van der Waals surface area contributed by atoms with Crippen LogP contribution in [0.25, 0.3) is 0 Å². The number of aromatic hydroxyl groups is 1. The van der Waals surface area contributed by atoms with Crippen LogP contribution in [0, 0.1) is 11.6 Å². The molecule has 0 spiro atoms. The molecule has 1 fully saturated rings. The molecule has 0 aromatic heterocycles. The standard InChI is InChI=1S/C19H18F2O2/c20-13-5-4-6-16-18(13)19(10-3-1-2-7-17(19)23-16)12-8-9-15(22)14(21)11-12/h4-6,8-9,11,17,22H,1-3,7,10H2. The minimum Gasteiger partial charge on any atom is -0.505 e. The normalized spacial score (nSPS) is 26.1. The Balaban J connectivity index is 1.98. The van der Waals surface area contributed by atoms with Crippen LogP contribution in [0.5, 0.6) is 11.5 Å². The van der Waals surface area contributed by atoms with Gasteiger partial charge < -0.3 is 9.84 Å². The Labute approximate surface area is 133 Å². The van der Waals surface area contributed by atoms with Crippen molar-refractivity contribution in [1.82, 2.24) is 0 Å². The Bertz CT molecular complexity index is 759. The van der Waals surface area contributed by atoms with Crippen molar-refractivity contribution in [1.29, 1.82) is 0 Å². The van der Waals surface area contributed by atoms with Crippen molar-refractivity contribution < 1.29 is 18.6 Å². The first kappa shape index (κ1) is 14.5. The monoisotopic (exact) mass is 316 g/mol. The second kappa shape index (κ2) is 5.22. The quantitative estimate of drug-likeness (QED) is 0.827. The third kappa shape index (κ3) is 2.04. The maximum absolute atomic E-state index is 14.7. The molecule has 2 aliphatic rings. The first-order valence-electron chi connectivity index (χ1n) is 8.07. The molecule has 1 aliphatic carbocycles. The van der Waals surface area contributed by atoms with Crippen LogP contribution in [-0.4, -0.2) is 11.2 Å². The predicted molar refractivity (Wildman–Crippen MR) is 82.7 cm³/mol. The highest BCUT2D eigenvalue weighted by atomic mass is 19.1. The molecule has 1 aliphatic heterocycles. The van der Waals surface area contributed by atoms with Gasteiger partial charge in [-0.15, -0.1) is 0 Å². The van der Waals surface area contributed by atoms with Crippen LogP contribution in [0.4, 0.5) is 8.78 Å². The molecule has 2 atom stereocenters. The van der Waals surface area contributed by atoms with Crippen LogP contribution < -0.4 is 4.74 Å². The van der Waals surface area contributed by atoms with Gasteiger partial charge in [0.05, 0.1) is 5.41 Å². The summed E-state index contributed by atoms with van der Waals surface area (Å²) in [5, 5.41) is 9.51. The first-order valence-corrected chi connectivity index (χ1v) is 8.07. The molecule has 0 amide bonds. The van der Waals surface area contributed by atoms with Gasteiger partial charge in [-0.25, -0.2) is 8.78 Å². The number of fused-ring (bicyclic) bond motifs is 3. The fourth-order valence-corrected chi connectivity index (χ4v) is 4.21. The fourth-order valence-electron chi connectivity index (χ4n) is 4.21. The second-order valence-corrected chi connectivity index (χ2v) is 6.46. The molecule has 2 unspecified atom stereocenters. The summed E-state index contributed by atoms with van der Waals surface area (Å²) in [4.78, 5) is 0. The molecule has 0 saturated heterocycles. The van der Waals surface area contributed by atoms with Gasteiger partial charge in [0, 0.05) is 5.56 Å². The van der Waals surface area contributed by atoms with Crippen LogP contribution in [0.15, 0.2) is 36.4 Å². The third-order valence-corrected chi connectivity index (χ3v) is 5.24. The molecule has 2 aromatic carbocycles. The average Bonchev–Trinajstić information content (AvgIpc) is 2.71. The maximum atomic E-state index is 14.7. The van der Waals surface area contributed by atoms with Gasteiger partial charge in [0.15, 0.2) is 11.6 Å². The van der Waals surface area contributed by atoms with E-state index in [1.807, 2.05) is 0 Å². The largest absolute Gasteiger partial charge is 0.505 e. The predicted octanol–water partition coefficient (Wildman–Crippen LogP) is 4.68. The van der Waals surface area contributed by atoms with Gasteiger partial charge in [0.1, 0.15) is 17.7 Å². The highest BCUT2D eigenvalue weighted by Crippen LogP contribution is 2.54. The van der Waals surface area contributed by atoms with E-state index in [1.54, 1.807) is 18.2 Å². The molecular weight excluding hydrogens is 298 g/mol. The van der Waals surface area contributed by atoms with E-state index >= 15 is 0 Å². The Morgan fingerprint density at radius 2 is 1.91 bits per heavy atom. The highest BCUT2D eigenvalue weighted by Gasteiger charge is 2.52. The SMILES string of the molecule is Oc1ccc(C23CCCCCC2Oc2cccc(F)c23)cc1F. The summed E-state index contributed by atoms with van der Waals surface area (Å²) >= 11 is 0. The zero-order chi connectivity index (χ0) is 16.0. The van der Waals surface area contributed by atoms with Gasteiger partial charge in [-0.3, -0.25) is 0 Å². The number of rotatable bonds is 1. The first-order chi connectivity index (χ1) is 11.1. The smallest absolute Gasteiger partial charge is 0.165 e. The number of halogens is 2. The summed E-state index contributed by atoms with van der Waals surface area (Å²) in [5.74, 6) is -0.807. The van der Waals surface area contributed by atoms with E-state index < -0.39 is 11.2 Å². The molecule has 0 bridgehead atoms. The van der Waals surface area contributed by atoms with E-state index in [9.17, 15) is 13.9 Å². The van der Waals surface area contributed by atoms with Crippen LogP contribution in [0.1, 0.15) is 43.2 Å². The number of benzene rings is 2. The Kier molecular flexibility index (Phi) is 3.29. The van der Waals surface area contributed by atoms with Gasteiger partial charge in [0.2, 0.25) is 0 Å². The topological polar surface area (TPSA) is 29.5 Å². The van der Waals surface area contributed by atoms with Crippen molar-refractivity contribution in [3.05, 3.63) is 59.2 Å². The van der Waals surface area contributed by atoms with Crippen LogP contribution >= 0.6 is 0 Å². The van der Waals surface area contributed by atoms with Crippen LogP contribution in [0.2, 0.25) is 0 Å². The molecule has 2 nitrogen and oxygen atoms in total. The van der Waals surface area contributed by atoms with E-state index in [4.69, 9.17) is 4.74 Å². The lowest BCUT2D eigenvalue weighted by Gasteiger charge is -2.34. The average molecular weight is 316 g/mol. The number of phenols is 1. The lowest BCUT2D eigenvalue weighted by Crippen LogP contribution is -2.39. The zero-order valence-corrected chi connectivity index (χ0v) is 12.7. The van der Waals surface area contributed by atoms with E-state index in [-0.39, 0.29) is 17.7 Å². The van der Waals surface area contributed by atoms with E-state index in [0.29, 0.717) is 16.9 Å². The number of hydrogen-bond acceptors (Lipinski definition) is 2. The summed E-state index contributed by atoms with van der Waals surface area (Å²) in [5.41, 5.74) is 0.548. The molecule has 0 radical (unpaired) electrons. The highest BCUT2D eigenvalue weighted by molar-refractivity contribution is 5.54. The van der Waals surface area contributed by atoms with Crippen molar-refractivity contribution in [3.63, 3.8) is 0 Å². The number of ether oxygens (including phenoxy) is 1. The van der Waals surface area contributed by atoms with Crippen molar-refractivity contribution >= 4 is 0 Å². The molecule has 1 N–H and O–H groups in total. The van der Waals surface area contributed by atoms with Crippen LogP contribution in [-0.2, 0) is 5.41 Å². The summed E-state index contributed by atoms with van der Waals surface area (Å²) in [7, 11) is 0. The van der Waals surface area contributed by atoms with E-state index in [0.717, 1.165) is 32.1 Å². The maximum Gasteiger partial charge on any atom is 0.165 e. The summed E-state index contributed by atoms with van der Waals surface area (Å²) in [6.07, 6.45) is 4.36. The number of hydrogen-bond donors (Lipinski definition) is 1. The van der Waals surface area contributed by atoms with Crippen molar-refractivity contribution in [2.45, 2.75) is 43.6 Å². The Hall–Kier alpha value is -2.10. The fraction of sp³-hybridized carbons (Fsp3) is 0.368. The summed E-state index contributed by atoms with van der Waals surface area (Å²) in [6.45, 7) is 0. The van der Waals surface area contributed by atoms with Crippen molar-refractivity contribution in [2.75, 3.05) is 0 Å². The third-order valence-electron chi connectivity index (χ3n) is 5.24. The van der Waals surface area contributed by atoms with Gasteiger partial charge in [-0.05, 0) is 49.1 Å². The zero-order valence-electron chi connectivity index (χ0n) is 12.7. The Morgan fingerprint density at radius 3 is 2.74 bits per heavy atom. The van der Waals surface area contributed by atoms with Crippen molar-refractivity contribution in [2.24, 2.45) is 0 Å². The number of phenolic OH excluding ortho intramolecular Hbond substituents is 1. The van der Waals surface area contributed by atoms with Crippen LogP contribution in [0.3, 0.4) is 0 Å². The second-order valence-electron chi connectivity index (χ2n) is 6.46. The minimum absolute atomic E-state index is 0.194. The van der Waals surface area contributed by atoms with Gasteiger partial charge in [-0.2, -0.15) is 0 Å². The summed E-state index contributed by atoms with van der Waals surface area (Å²) < 4.78 is 34.7. The molecule has 4 heteroatoms. The molecular formula is C19H18F2O2. The van der Waals surface area contributed by atoms with E-state index in [1.165, 1.54) is 18.2 Å². The molecule has 120 valence electrons. The molecule has 1 heterocycles. The summed E-state index contributed by atoms with van der Waals surface area (Å²) in [6, 6.07) is 9.24.